The fourth-order valence-corrected chi connectivity index (χ4v) is 4.32. The first kappa shape index (κ1) is 14.8. The summed E-state index contributed by atoms with van der Waals surface area (Å²) in [5.41, 5.74) is 5.22. The molecule has 2 N–H and O–H groups in total. The second kappa shape index (κ2) is 6.03. The first-order chi connectivity index (χ1) is 11.2. The Kier molecular flexibility index (Phi) is 3.88. The van der Waals surface area contributed by atoms with Gasteiger partial charge in [0.15, 0.2) is 0 Å². The third-order valence-corrected chi connectivity index (χ3v) is 5.67. The Labute approximate surface area is 137 Å². The van der Waals surface area contributed by atoms with Gasteiger partial charge >= 0.3 is 0 Å². The molecule has 3 nitrogen and oxygen atoms in total. The molecule has 0 radical (unpaired) electrons. The van der Waals surface area contributed by atoms with E-state index in [1.54, 1.807) is 0 Å². The van der Waals surface area contributed by atoms with Crippen LogP contribution in [0.1, 0.15) is 55.3 Å². The van der Waals surface area contributed by atoms with Crippen molar-refractivity contribution in [2.24, 2.45) is 5.92 Å². The van der Waals surface area contributed by atoms with Crippen molar-refractivity contribution in [2.75, 3.05) is 0 Å². The molecule has 2 aromatic rings. The average molecular weight is 310 g/mol. The smallest absolute Gasteiger partial charge is 0.223 e. The summed E-state index contributed by atoms with van der Waals surface area (Å²) in [5.74, 6) is 0.425. The van der Waals surface area contributed by atoms with Crippen LogP contribution in [0.15, 0.2) is 18.2 Å². The summed E-state index contributed by atoms with van der Waals surface area (Å²) in [6.07, 6.45) is 9.03. The molecule has 2 aliphatic carbocycles. The van der Waals surface area contributed by atoms with Crippen LogP contribution in [-0.4, -0.2) is 16.9 Å². The Morgan fingerprint density at radius 2 is 2.00 bits per heavy atom. The Morgan fingerprint density at radius 1 is 1.17 bits per heavy atom. The molecule has 1 aromatic heterocycles. The van der Waals surface area contributed by atoms with Gasteiger partial charge in [0.1, 0.15) is 0 Å². The van der Waals surface area contributed by atoms with Crippen molar-refractivity contribution in [3.05, 3.63) is 35.0 Å². The van der Waals surface area contributed by atoms with E-state index in [-0.39, 0.29) is 11.8 Å². The largest absolute Gasteiger partial charge is 0.358 e. The van der Waals surface area contributed by atoms with Crippen molar-refractivity contribution in [1.82, 2.24) is 10.3 Å². The molecule has 122 valence electrons. The zero-order valence-corrected chi connectivity index (χ0v) is 14.0. The molecule has 1 fully saturated rings. The maximum Gasteiger partial charge on any atom is 0.223 e. The molecule has 3 heteroatoms. The lowest BCUT2D eigenvalue weighted by atomic mass is 9.85. The standard InChI is InChI=1S/C20H26N2O/c1-13-7-9-18-16(11-13)17-12-14(8-10-19(17)22-18)20(23)21-15-5-3-2-4-6-15/h7,9,11,14-15,22H,2-6,8,10,12H2,1H3,(H,21,23). The van der Waals surface area contributed by atoms with Gasteiger partial charge in [0.05, 0.1) is 0 Å². The zero-order valence-electron chi connectivity index (χ0n) is 14.0. The number of hydrogen-bond acceptors (Lipinski definition) is 1. The number of fused-ring (bicyclic) bond motifs is 3. The number of hydrogen-bond donors (Lipinski definition) is 2. The van der Waals surface area contributed by atoms with Gasteiger partial charge in [-0.05, 0) is 56.7 Å². The maximum atomic E-state index is 12.7. The molecule has 2 aliphatic rings. The molecule has 0 saturated heterocycles. The molecule has 0 spiro atoms. The van der Waals surface area contributed by atoms with Crippen LogP contribution in [-0.2, 0) is 17.6 Å². The highest BCUT2D eigenvalue weighted by Gasteiger charge is 2.28. The summed E-state index contributed by atoms with van der Waals surface area (Å²) in [6.45, 7) is 2.13. The number of nitrogens with one attached hydrogen (secondary N) is 2. The highest BCUT2D eigenvalue weighted by Crippen LogP contribution is 2.32. The molecule has 1 amide bonds. The lowest BCUT2D eigenvalue weighted by molar-refractivity contribution is -0.126. The van der Waals surface area contributed by atoms with E-state index in [0.29, 0.717) is 6.04 Å². The Hall–Kier alpha value is -1.77. The third kappa shape index (κ3) is 2.89. The minimum Gasteiger partial charge on any atom is -0.358 e. The van der Waals surface area contributed by atoms with Gasteiger partial charge in [-0.25, -0.2) is 0 Å². The monoisotopic (exact) mass is 310 g/mol. The molecule has 1 atom stereocenters. The summed E-state index contributed by atoms with van der Waals surface area (Å²) < 4.78 is 0. The number of H-pyrrole nitrogens is 1. The second-order valence-electron chi connectivity index (χ2n) is 7.41. The molecule has 0 bridgehead atoms. The van der Waals surface area contributed by atoms with Crippen LogP contribution < -0.4 is 5.32 Å². The second-order valence-corrected chi connectivity index (χ2v) is 7.41. The molecule has 1 aromatic carbocycles. The van der Waals surface area contributed by atoms with Crippen LogP contribution in [0.5, 0.6) is 0 Å². The van der Waals surface area contributed by atoms with Crippen LogP contribution in [0, 0.1) is 12.8 Å². The average Bonchev–Trinajstić information content (AvgIpc) is 2.93. The normalized spacial score (nSPS) is 22.0. The highest BCUT2D eigenvalue weighted by molar-refractivity contribution is 5.87. The van der Waals surface area contributed by atoms with Crippen LogP contribution in [0.4, 0.5) is 0 Å². The molecular formula is C20H26N2O. The number of aryl methyl sites for hydroxylation is 2. The Balaban J connectivity index is 1.52. The quantitative estimate of drug-likeness (QED) is 0.864. The predicted octanol–water partition coefficient (Wildman–Crippen LogP) is 4.03. The molecular weight excluding hydrogens is 284 g/mol. The minimum atomic E-state index is 0.143. The molecule has 1 unspecified atom stereocenters. The highest BCUT2D eigenvalue weighted by atomic mass is 16.1. The number of aromatic nitrogens is 1. The summed E-state index contributed by atoms with van der Waals surface area (Å²) >= 11 is 0. The fourth-order valence-electron chi connectivity index (χ4n) is 4.32. The van der Waals surface area contributed by atoms with E-state index < -0.39 is 0 Å². The van der Waals surface area contributed by atoms with Gasteiger partial charge in [-0.3, -0.25) is 4.79 Å². The lowest BCUT2D eigenvalue weighted by Gasteiger charge is -2.27. The fraction of sp³-hybridized carbons (Fsp3) is 0.550. The number of aromatic amines is 1. The predicted molar refractivity (Wildman–Crippen MR) is 93.6 cm³/mol. The van der Waals surface area contributed by atoms with E-state index in [9.17, 15) is 4.79 Å². The van der Waals surface area contributed by atoms with E-state index in [0.717, 1.165) is 32.1 Å². The number of benzene rings is 1. The molecule has 4 rings (SSSR count). The Bertz CT molecular complexity index is 725. The molecule has 1 saturated carbocycles. The van der Waals surface area contributed by atoms with Gasteiger partial charge in [0, 0.05) is 28.6 Å². The summed E-state index contributed by atoms with van der Waals surface area (Å²) in [4.78, 5) is 16.2. The maximum absolute atomic E-state index is 12.7. The molecule has 0 aliphatic heterocycles. The first-order valence-corrected chi connectivity index (χ1v) is 9.11. The van der Waals surface area contributed by atoms with Gasteiger partial charge in [-0.2, -0.15) is 0 Å². The van der Waals surface area contributed by atoms with Gasteiger partial charge in [0.2, 0.25) is 5.91 Å². The first-order valence-electron chi connectivity index (χ1n) is 9.11. The summed E-state index contributed by atoms with van der Waals surface area (Å²) in [6, 6.07) is 6.99. The number of amides is 1. The number of carbonyl (C=O) groups is 1. The van der Waals surface area contributed by atoms with Crippen molar-refractivity contribution in [1.29, 1.82) is 0 Å². The van der Waals surface area contributed by atoms with Crippen LogP contribution in [0.3, 0.4) is 0 Å². The summed E-state index contributed by atoms with van der Waals surface area (Å²) in [5, 5.41) is 4.64. The van der Waals surface area contributed by atoms with Gasteiger partial charge in [-0.1, -0.05) is 30.9 Å². The van der Waals surface area contributed by atoms with E-state index in [4.69, 9.17) is 0 Å². The van der Waals surface area contributed by atoms with Crippen molar-refractivity contribution in [3.8, 4) is 0 Å². The minimum absolute atomic E-state index is 0.143. The molecule has 23 heavy (non-hydrogen) atoms. The number of carbonyl (C=O) groups excluding carboxylic acids is 1. The van der Waals surface area contributed by atoms with Gasteiger partial charge in [-0.15, -0.1) is 0 Å². The zero-order chi connectivity index (χ0) is 15.8. The van der Waals surface area contributed by atoms with Crippen molar-refractivity contribution in [2.45, 2.75) is 64.3 Å². The number of rotatable bonds is 2. The van der Waals surface area contributed by atoms with Crippen LogP contribution >= 0.6 is 0 Å². The van der Waals surface area contributed by atoms with E-state index in [1.165, 1.54) is 47.0 Å². The van der Waals surface area contributed by atoms with Crippen LogP contribution in [0.2, 0.25) is 0 Å². The lowest BCUT2D eigenvalue weighted by Crippen LogP contribution is -2.41. The van der Waals surface area contributed by atoms with Crippen LogP contribution in [0.25, 0.3) is 10.9 Å². The van der Waals surface area contributed by atoms with E-state index in [1.807, 2.05) is 0 Å². The topological polar surface area (TPSA) is 44.9 Å². The van der Waals surface area contributed by atoms with Gasteiger partial charge in [0.25, 0.3) is 0 Å². The Morgan fingerprint density at radius 3 is 2.83 bits per heavy atom. The third-order valence-electron chi connectivity index (χ3n) is 5.67. The van der Waals surface area contributed by atoms with E-state index >= 15 is 0 Å². The molecule has 1 heterocycles. The SMILES string of the molecule is Cc1ccc2[nH]c3c(c2c1)CC(C(=O)NC1CCCCC1)CC3. The van der Waals surface area contributed by atoms with Crippen molar-refractivity contribution >= 4 is 16.8 Å². The van der Waals surface area contributed by atoms with Crippen molar-refractivity contribution < 1.29 is 4.79 Å². The van der Waals surface area contributed by atoms with E-state index in [2.05, 4.69) is 35.4 Å². The van der Waals surface area contributed by atoms with Crippen molar-refractivity contribution in [3.63, 3.8) is 0 Å². The van der Waals surface area contributed by atoms with Gasteiger partial charge < -0.3 is 10.3 Å². The summed E-state index contributed by atoms with van der Waals surface area (Å²) in [7, 11) is 0.